The van der Waals surface area contributed by atoms with E-state index in [0.717, 1.165) is 0 Å². The number of fused-ring (bicyclic) bond motifs is 1. The molecule has 0 aliphatic heterocycles. The second kappa shape index (κ2) is 3.84. The Morgan fingerprint density at radius 3 is 3.00 bits per heavy atom. The summed E-state index contributed by atoms with van der Waals surface area (Å²) in [5, 5.41) is 14.0. The fraction of sp³-hybridized carbons (Fsp3) is 0.273. The van der Waals surface area contributed by atoms with E-state index in [9.17, 15) is 9.90 Å². The van der Waals surface area contributed by atoms with Crippen LogP contribution in [0.3, 0.4) is 0 Å². The molecule has 0 aliphatic rings. The van der Waals surface area contributed by atoms with Gasteiger partial charge in [-0.3, -0.25) is 0 Å². The number of carbonyl (C=O) groups excluding carboxylic acids is 1. The molecular formula is C11H11NO4. The highest BCUT2D eigenvalue weighted by Crippen LogP contribution is 2.29. The van der Waals surface area contributed by atoms with E-state index in [-0.39, 0.29) is 17.9 Å². The summed E-state index contributed by atoms with van der Waals surface area (Å²) in [4.78, 5) is 11.5. The molecule has 1 N–H and O–H groups in total. The van der Waals surface area contributed by atoms with Gasteiger partial charge in [-0.2, -0.15) is 0 Å². The molecule has 0 fully saturated rings. The lowest BCUT2D eigenvalue weighted by molar-refractivity contribution is 0.0526. The van der Waals surface area contributed by atoms with Crippen molar-refractivity contribution >= 4 is 16.9 Å². The predicted octanol–water partition coefficient (Wildman–Crippen LogP) is 2.02. The van der Waals surface area contributed by atoms with Gasteiger partial charge in [-0.15, -0.1) is 0 Å². The Balaban J connectivity index is 2.54. The first-order valence-corrected chi connectivity index (χ1v) is 4.89. The number of phenolic OH excluding ortho intramolecular Hbond substituents is 1. The van der Waals surface area contributed by atoms with Crippen molar-refractivity contribution in [2.24, 2.45) is 0 Å². The van der Waals surface area contributed by atoms with Crippen molar-refractivity contribution in [3.63, 3.8) is 0 Å². The molecule has 1 heterocycles. The van der Waals surface area contributed by atoms with Gasteiger partial charge in [0.1, 0.15) is 5.75 Å². The van der Waals surface area contributed by atoms with Crippen LogP contribution >= 0.6 is 0 Å². The lowest BCUT2D eigenvalue weighted by Crippen LogP contribution is -2.04. The largest absolute Gasteiger partial charge is 0.507 e. The molecule has 0 radical (unpaired) electrons. The van der Waals surface area contributed by atoms with Crippen LogP contribution in [0, 0.1) is 6.92 Å². The van der Waals surface area contributed by atoms with Crippen molar-refractivity contribution in [1.82, 2.24) is 5.16 Å². The van der Waals surface area contributed by atoms with E-state index in [0.29, 0.717) is 16.7 Å². The van der Waals surface area contributed by atoms with Crippen LogP contribution in [0.5, 0.6) is 5.75 Å². The molecule has 5 nitrogen and oxygen atoms in total. The number of aryl methyl sites for hydroxylation is 1. The van der Waals surface area contributed by atoms with Crippen LogP contribution in [0.1, 0.15) is 23.0 Å². The zero-order valence-electron chi connectivity index (χ0n) is 8.98. The number of ether oxygens (including phenoxy) is 1. The summed E-state index contributed by atoms with van der Waals surface area (Å²) in [7, 11) is 0. The average molecular weight is 221 g/mol. The van der Waals surface area contributed by atoms with E-state index in [1.54, 1.807) is 13.8 Å². The van der Waals surface area contributed by atoms with E-state index in [4.69, 9.17) is 9.26 Å². The lowest BCUT2D eigenvalue weighted by atomic mass is 10.1. The van der Waals surface area contributed by atoms with Crippen LogP contribution in [-0.4, -0.2) is 22.8 Å². The monoisotopic (exact) mass is 221 g/mol. The standard InChI is InChI=1S/C11H11NO4/c1-3-15-11(14)7-4-8(13)10-6(2)12-16-9(10)5-7/h4-5,13H,3H2,1-2H3. The number of esters is 1. The summed E-state index contributed by atoms with van der Waals surface area (Å²) in [5.74, 6) is -0.520. The second-order valence-corrected chi connectivity index (χ2v) is 3.36. The van der Waals surface area contributed by atoms with E-state index >= 15 is 0 Å². The van der Waals surface area contributed by atoms with Crippen LogP contribution < -0.4 is 0 Å². The van der Waals surface area contributed by atoms with E-state index in [1.165, 1.54) is 12.1 Å². The van der Waals surface area contributed by atoms with Crippen LogP contribution in [0.4, 0.5) is 0 Å². The van der Waals surface area contributed by atoms with Crippen LogP contribution in [0.15, 0.2) is 16.7 Å². The number of hydrogen-bond acceptors (Lipinski definition) is 5. The Bertz CT molecular complexity index is 544. The van der Waals surface area contributed by atoms with Crippen molar-refractivity contribution in [2.75, 3.05) is 6.61 Å². The Hall–Kier alpha value is -2.04. The number of aromatic hydroxyl groups is 1. The van der Waals surface area contributed by atoms with Gasteiger partial charge in [0.25, 0.3) is 0 Å². The third kappa shape index (κ3) is 1.60. The Labute approximate surface area is 91.6 Å². The van der Waals surface area contributed by atoms with Gasteiger partial charge in [-0.1, -0.05) is 5.16 Å². The third-order valence-electron chi connectivity index (χ3n) is 2.24. The smallest absolute Gasteiger partial charge is 0.338 e. The summed E-state index contributed by atoms with van der Waals surface area (Å²) < 4.78 is 9.81. The first-order valence-electron chi connectivity index (χ1n) is 4.89. The van der Waals surface area contributed by atoms with E-state index in [2.05, 4.69) is 5.16 Å². The Kier molecular flexibility index (Phi) is 2.52. The Morgan fingerprint density at radius 1 is 1.56 bits per heavy atom. The molecule has 0 bridgehead atoms. The van der Waals surface area contributed by atoms with Gasteiger partial charge in [0.15, 0.2) is 5.58 Å². The molecule has 0 atom stereocenters. The van der Waals surface area contributed by atoms with Gasteiger partial charge >= 0.3 is 5.97 Å². The fourth-order valence-corrected chi connectivity index (χ4v) is 1.53. The molecule has 2 aromatic rings. The molecule has 84 valence electrons. The number of nitrogens with zero attached hydrogens (tertiary/aromatic N) is 1. The first-order chi connectivity index (χ1) is 7.63. The SMILES string of the molecule is CCOC(=O)c1cc(O)c2c(C)noc2c1. The quantitative estimate of drug-likeness (QED) is 0.785. The lowest BCUT2D eigenvalue weighted by Gasteiger charge is -2.02. The maximum Gasteiger partial charge on any atom is 0.338 e. The highest BCUT2D eigenvalue weighted by atomic mass is 16.5. The van der Waals surface area contributed by atoms with Gasteiger partial charge in [-0.05, 0) is 26.0 Å². The maximum atomic E-state index is 11.5. The molecule has 1 aromatic carbocycles. The number of benzene rings is 1. The van der Waals surface area contributed by atoms with Crippen molar-refractivity contribution in [3.05, 3.63) is 23.4 Å². The van der Waals surface area contributed by atoms with Crippen molar-refractivity contribution in [1.29, 1.82) is 0 Å². The number of phenols is 1. The van der Waals surface area contributed by atoms with Crippen LogP contribution in [0.25, 0.3) is 11.0 Å². The van der Waals surface area contributed by atoms with Crippen molar-refractivity contribution in [3.8, 4) is 5.75 Å². The van der Waals surface area contributed by atoms with E-state index < -0.39 is 5.97 Å². The van der Waals surface area contributed by atoms with Crippen molar-refractivity contribution in [2.45, 2.75) is 13.8 Å². The number of aromatic nitrogens is 1. The third-order valence-corrected chi connectivity index (χ3v) is 2.24. The van der Waals surface area contributed by atoms with E-state index in [1.807, 2.05) is 0 Å². The summed E-state index contributed by atoms with van der Waals surface area (Å²) in [6, 6.07) is 2.86. The number of hydrogen-bond donors (Lipinski definition) is 1. The van der Waals surface area contributed by atoms with Gasteiger partial charge < -0.3 is 14.4 Å². The molecule has 5 heteroatoms. The summed E-state index contributed by atoms with van der Waals surface area (Å²) in [6.07, 6.45) is 0. The molecule has 0 saturated heterocycles. The molecule has 0 amide bonds. The zero-order chi connectivity index (χ0) is 11.7. The van der Waals surface area contributed by atoms with Gasteiger partial charge in [0.2, 0.25) is 0 Å². The maximum absolute atomic E-state index is 11.5. The topological polar surface area (TPSA) is 72.6 Å². The molecule has 2 rings (SSSR count). The number of carbonyl (C=O) groups is 1. The summed E-state index contributed by atoms with van der Waals surface area (Å²) in [5.41, 5.74) is 1.21. The minimum Gasteiger partial charge on any atom is -0.507 e. The normalized spacial score (nSPS) is 10.6. The highest BCUT2D eigenvalue weighted by molar-refractivity contribution is 5.97. The molecule has 1 aromatic heterocycles. The Morgan fingerprint density at radius 2 is 2.31 bits per heavy atom. The predicted molar refractivity (Wildman–Crippen MR) is 56.4 cm³/mol. The van der Waals surface area contributed by atoms with Crippen molar-refractivity contribution < 1.29 is 19.2 Å². The van der Waals surface area contributed by atoms with Gasteiger partial charge in [0, 0.05) is 0 Å². The zero-order valence-corrected chi connectivity index (χ0v) is 8.98. The molecule has 0 spiro atoms. The molecular weight excluding hydrogens is 210 g/mol. The minimum atomic E-state index is -0.492. The first kappa shape index (κ1) is 10.5. The minimum absolute atomic E-state index is 0.0284. The highest BCUT2D eigenvalue weighted by Gasteiger charge is 2.15. The fourth-order valence-electron chi connectivity index (χ4n) is 1.53. The van der Waals surface area contributed by atoms with Crippen LogP contribution in [0.2, 0.25) is 0 Å². The average Bonchev–Trinajstić information content (AvgIpc) is 2.61. The van der Waals surface area contributed by atoms with Gasteiger partial charge in [0.05, 0.1) is 23.3 Å². The van der Waals surface area contributed by atoms with Gasteiger partial charge in [-0.25, -0.2) is 4.79 Å². The molecule has 0 saturated carbocycles. The summed E-state index contributed by atoms with van der Waals surface area (Å²) in [6.45, 7) is 3.72. The number of rotatable bonds is 2. The second-order valence-electron chi connectivity index (χ2n) is 3.36. The summed E-state index contributed by atoms with van der Waals surface area (Å²) >= 11 is 0. The molecule has 16 heavy (non-hydrogen) atoms. The molecule has 0 aliphatic carbocycles. The van der Waals surface area contributed by atoms with Crippen LogP contribution in [-0.2, 0) is 4.74 Å². The molecule has 0 unspecified atom stereocenters.